The van der Waals surface area contributed by atoms with Crippen LogP contribution >= 0.6 is 15.9 Å². The van der Waals surface area contributed by atoms with Crippen LogP contribution in [0.2, 0.25) is 0 Å². The molecule has 0 saturated carbocycles. The van der Waals surface area contributed by atoms with Crippen LogP contribution in [-0.2, 0) is 0 Å². The van der Waals surface area contributed by atoms with E-state index in [0.29, 0.717) is 0 Å². The van der Waals surface area contributed by atoms with Gasteiger partial charge in [-0.15, -0.1) is 0 Å². The second kappa shape index (κ2) is 4.97. The number of carbonyl (C=O) groups excluding carboxylic acids is 1. The Balaban J connectivity index is 3.03. The zero-order valence-electron chi connectivity index (χ0n) is 7.46. The summed E-state index contributed by atoms with van der Waals surface area (Å²) < 4.78 is 0. The lowest BCUT2D eigenvalue weighted by Gasteiger charge is -2.00. The molecule has 1 aromatic carbocycles. The van der Waals surface area contributed by atoms with Crippen molar-refractivity contribution in [2.24, 2.45) is 0 Å². The van der Waals surface area contributed by atoms with Gasteiger partial charge in [0.1, 0.15) is 6.29 Å². The summed E-state index contributed by atoms with van der Waals surface area (Å²) in [6.45, 7) is 2.03. The second-order valence-electron chi connectivity index (χ2n) is 2.79. The maximum absolute atomic E-state index is 10.5. The Bertz CT molecular complexity index is 329. The molecule has 0 aliphatic heterocycles. The lowest BCUT2D eigenvalue weighted by molar-refractivity contribution is 0.112. The Morgan fingerprint density at radius 2 is 2.23 bits per heavy atom. The van der Waals surface area contributed by atoms with Crippen LogP contribution in [-0.4, -0.2) is 11.6 Å². The van der Waals surface area contributed by atoms with Crippen LogP contribution in [0.4, 0.5) is 0 Å². The first-order valence-corrected chi connectivity index (χ1v) is 5.18. The fraction of sp³-hybridized carbons (Fsp3) is 0.182. The lowest BCUT2D eigenvalue weighted by atomic mass is 10.1. The molecule has 0 N–H and O–H groups in total. The van der Waals surface area contributed by atoms with Crippen LogP contribution in [0.15, 0.2) is 24.3 Å². The molecule has 2 heteroatoms. The number of hydrogen-bond acceptors (Lipinski definition) is 1. The smallest absolute Gasteiger partial charge is 0.150 e. The Labute approximate surface area is 86.6 Å². The van der Waals surface area contributed by atoms with Gasteiger partial charge >= 0.3 is 0 Å². The second-order valence-corrected chi connectivity index (χ2v) is 3.44. The first-order valence-electron chi connectivity index (χ1n) is 4.06. The third-order valence-corrected chi connectivity index (χ3v) is 2.20. The van der Waals surface area contributed by atoms with Gasteiger partial charge in [-0.2, -0.15) is 0 Å². The molecule has 1 aromatic rings. The highest BCUT2D eigenvalue weighted by atomic mass is 79.9. The fourth-order valence-electron chi connectivity index (χ4n) is 1.08. The van der Waals surface area contributed by atoms with Crippen molar-refractivity contribution in [3.8, 4) is 0 Å². The van der Waals surface area contributed by atoms with Gasteiger partial charge in [-0.3, -0.25) is 4.79 Å². The molecule has 13 heavy (non-hydrogen) atoms. The average Bonchev–Trinajstić information content (AvgIpc) is 2.17. The summed E-state index contributed by atoms with van der Waals surface area (Å²) in [5.41, 5.74) is 3.01. The van der Waals surface area contributed by atoms with Crippen molar-refractivity contribution >= 4 is 28.3 Å². The van der Waals surface area contributed by atoms with Crippen LogP contribution in [0, 0.1) is 6.92 Å². The predicted molar refractivity (Wildman–Crippen MR) is 59.4 cm³/mol. The summed E-state index contributed by atoms with van der Waals surface area (Å²) in [7, 11) is 0. The standard InChI is InChI=1S/C11H11BrO/c1-9-4-5-10(8-13)7-11(9)3-2-6-12/h2-5,7-8H,6H2,1H3. The number of halogens is 1. The molecule has 0 heterocycles. The zero-order chi connectivity index (χ0) is 9.68. The summed E-state index contributed by atoms with van der Waals surface area (Å²) >= 11 is 3.31. The molecular weight excluding hydrogens is 228 g/mol. The molecule has 1 nitrogen and oxygen atoms in total. The molecule has 0 radical (unpaired) electrons. The van der Waals surface area contributed by atoms with Crippen molar-refractivity contribution in [3.63, 3.8) is 0 Å². The Morgan fingerprint density at radius 1 is 1.46 bits per heavy atom. The molecule has 0 fully saturated rings. The average molecular weight is 239 g/mol. The van der Waals surface area contributed by atoms with E-state index in [1.165, 1.54) is 5.56 Å². The fourth-order valence-corrected chi connectivity index (χ4v) is 1.27. The number of hydrogen-bond donors (Lipinski definition) is 0. The van der Waals surface area contributed by atoms with E-state index in [4.69, 9.17) is 0 Å². The van der Waals surface area contributed by atoms with E-state index in [0.717, 1.165) is 22.7 Å². The van der Waals surface area contributed by atoms with Crippen LogP contribution < -0.4 is 0 Å². The number of alkyl halides is 1. The van der Waals surface area contributed by atoms with Gasteiger partial charge in [0.2, 0.25) is 0 Å². The van der Waals surface area contributed by atoms with Crippen molar-refractivity contribution in [3.05, 3.63) is 41.0 Å². The van der Waals surface area contributed by atoms with Crippen LogP contribution in [0.3, 0.4) is 0 Å². The monoisotopic (exact) mass is 238 g/mol. The van der Waals surface area contributed by atoms with Gasteiger partial charge in [-0.1, -0.05) is 40.2 Å². The minimum atomic E-state index is 0.722. The van der Waals surface area contributed by atoms with Gasteiger partial charge in [0.15, 0.2) is 0 Å². The maximum atomic E-state index is 10.5. The quantitative estimate of drug-likeness (QED) is 0.584. The van der Waals surface area contributed by atoms with Gasteiger partial charge in [-0.05, 0) is 24.1 Å². The van der Waals surface area contributed by atoms with Gasteiger partial charge in [0.05, 0.1) is 0 Å². The first-order chi connectivity index (χ1) is 6.27. The first kappa shape index (κ1) is 10.2. The van der Waals surface area contributed by atoms with Gasteiger partial charge in [0.25, 0.3) is 0 Å². The summed E-state index contributed by atoms with van der Waals surface area (Å²) in [6.07, 6.45) is 4.89. The topological polar surface area (TPSA) is 17.1 Å². The molecule has 0 amide bonds. The van der Waals surface area contributed by atoms with Crippen LogP contribution in [0.1, 0.15) is 21.5 Å². The number of aryl methyl sites for hydroxylation is 1. The third-order valence-electron chi connectivity index (χ3n) is 1.83. The molecule has 0 aliphatic carbocycles. The van der Waals surface area contributed by atoms with E-state index in [2.05, 4.69) is 15.9 Å². The van der Waals surface area contributed by atoms with E-state index in [-0.39, 0.29) is 0 Å². The van der Waals surface area contributed by atoms with Crippen molar-refractivity contribution in [2.45, 2.75) is 6.92 Å². The number of carbonyl (C=O) groups is 1. The summed E-state index contributed by atoms with van der Waals surface area (Å²) in [4.78, 5) is 10.5. The highest BCUT2D eigenvalue weighted by Crippen LogP contribution is 2.11. The lowest BCUT2D eigenvalue weighted by Crippen LogP contribution is -1.85. The van der Waals surface area contributed by atoms with E-state index >= 15 is 0 Å². The Morgan fingerprint density at radius 3 is 2.85 bits per heavy atom. The van der Waals surface area contributed by atoms with Crippen molar-refractivity contribution < 1.29 is 4.79 Å². The highest BCUT2D eigenvalue weighted by molar-refractivity contribution is 9.09. The molecule has 0 unspecified atom stereocenters. The predicted octanol–water partition coefficient (Wildman–Crippen LogP) is 3.22. The number of allylic oxidation sites excluding steroid dienone is 1. The molecule has 0 aromatic heterocycles. The molecule has 68 valence electrons. The van der Waals surface area contributed by atoms with Gasteiger partial charge in [-0.25, -0.2) is 0 Å². The summed E-state index contributed by atoms with van der Waals surface area (Å²) in [6, 6.07) is 5.67. The third kappa shape index (κ3) is 2.81. The highest BCUT2D eigenvalue weighted by Gasteiger charge is 1.95. The summed E-state index contributed by atoms with van der Waals surface area (Å²) in [5.74, 6) is 0. The van der Waals surface area contributed by atoms with E-state index in [1.807, 2.05) is 37.3 Å². The van der Waals surface area contributed by atoms with E-state index < -0.39 is 0 Å². The molecule has 0 spiro atoms. The number of aldehydes is 1. The minimum Gasteiger partial charge on any atom is -0.298 e. The normalized spacial score (nSPS) is 10.6. The van der Waals surface area contributed by atoms with Gasteiger partial charge in [0, 0.05) is 10.9 Å². The SMILES string of the molecule is Cc1ccc(C=O)cc1C=CCBr. The molecule has 0 saturated heterocycles. The van der Waals surface area contributed by atoms with Crippen molar-refractivity contribution in [1.82, 2.24) is 0 Å². The largest absolute Gasteiger partial charge is 0.298 e. The van der Waals surface area contributed by atoms with Crippen LogP contribution in [0.25, 0.3) is 6.08 Å². The minimum absolute atomic E-state index is 0.722. The van der Waals surface area contributed by atoms with E-state index in [9.17, 15) is 4.79 Å². The summed E-state index contributed by atoms with van der Waals surface area (Å²) in [5, 5.41) is 0.831. The molecule has 0 aliphatic rings. The van der Waals surface area contributed by atoms with E-state index in [1.54, 1.807) is 0 Å². The molecule has 0 bridgehead atoms. The Kier molecular flexibility index (Phi) is 3.90. The van der Waals surface area contributed by atoms with Crippen molar-refractivity contribution in [2.75, 3.05) is 5.33 Å². The van der Waals surface area contributed by atoms with Crippen molar-refractivity contribution in [1.29, 1.82) is 0 Å². The van der Waals surface area contributed by atoms with Crippen LogP contribution in [0.5, 0.6) is 0 Å². The molecular formula is C11H11BrO. The Hall–Kier alpha value is -0.890. The molecule has 0 atom stereocenters. The number of benzene rings is 1. The zero-order valence-corrected chi connectivity index (χ0v) is 9.04. The molecule has 1 rings (SSSR count). The van der Waals surface area contributed by atoms with Gasteiger partial charge < -0.3 is 0 Å². The number of rotatable bonds is 3. The maximum Gasteiger partial charge on any atom is 0.150 e.